The third-order valence-electron chi connectivity index (χ3n) is 6.49. The van der Waals surface area contributed by atoms with Gasteiger partial charge in [-0.2, -0.15) is 35.1 Å². The van der Waals surface area contributed by atoms with Crippen molar-refractivity contribution >= 4 is 39.1 Å². The molecule has 4 rings (SSSR count). The molecule has 2 amide bonds. The molecule has 1 saturated carbocycles. The van der Waals surface area contributed by atoms with Crippen LogP contribution < -0.4 is 15.0 Å². The third kappa shape index (κ3) is 6.61. The van der Waals surface area contributed by atoms with Crippen LogP contribution in [0.25, 0.3) is 0 Å². The van der Waals surface area contributed by atoms with Gasteiger partial charge in [-0.1, -0.05) is 6.07 Å². The summed E-state index contributed by atoms with van der Waals surface area (Å²) >= 11 is 2.56. The van der Waals surface area contributed by atoms with Crippen molar-refractivity contribution in [3.8, 4) is 5.75 Å². The quantitative estimate of drug-likeness (QED) is 0.229. The van der Waals surface area contributed by atoms with Gasteiger partial charge in [-0.05, 0) is 71.1 Å². The summed E-state index contributed by atoms with van der Waals surface area (Å²) in [5, 5.41) is 1.90. The van der Waals surface area contributed by atoms with Gasteiger partial charge >= 0.3 is 24.6 Å². The molecule has 0 bridgehead atoms. The molecular formula is C27H18BrF10N3O3. The first-order chi connectivity index (χ1) is 20.5. The summed E-state index contributed by atoms with van der Waals surface area (Å²) in [7, 11) is 0. The molecule has 1 aliphatic carbocycles. The third-order valence-corrected chi connectivity index (χ3v) is 7.12. The Morgan fingerprint density at radius 3 is 2.23 bits per heavy atom. The van der Waals surface area contributed by atoms with E-state index < -0.39 is 69.3 Å². The molecule has 0 saturated heterocycles. The number of anilines is 2. The molecule has 6 nitrogen and oxygen atoms in total. The van der Waals surface area contributed by atoms with Crippen molar-refractivity contribution in [3.05, 3.63) is 81.8 Å². The predicted molar refractivity (Wildman–Crippen MR) is 139 cm³/mol. The van der Waals surface area contributed by atoms with E-state index in [0.29, 0.717) is 0 Å². The first-order valence-corrected chi connectivity index (χ1v) is 13.2. The van der Waals surface area contributed by atoms with Crippen molar-refractivity contribution in [1.29, 1.82) is 0 Å². The molecule has 236 valence electrons. The maximum atomic E-state index is 15.8. The van der Waals surface area contributed by atoms with Gasteiger partial charge in [0.1, 0.15) is 0 Å². The highest BCUT2D eigenvalue weighted by Crippen LogP contribution is 2.55. The number of amides is 2. The number of halogens is 11. The van der Waals surface area contributed by atoms with Crippen LogP contribution in [-0.2, 0) is 5.67 Å². The number of nitrogens with zero attached hydrogens (tertiary/aromatic N) is 2. The van der Waals surface area contributed by atoms with E-state index in [2.05, 4.69) is 25.7 Å². The number of alkyl halides is 9. The number of aromatic nitrogens is 1. The van der Waals surface area contributed by atoms with E-state index in [4.69, 9.17) is 0 Å². The highest BCUT2D eigenvalue weighted by atomic mass is 79.9. The number of carbonyl (C=O) groups is 2. The zero-order valence-electron chi connectivity index (χ0n) is 21.7. The number of carbonyl (C=O) groups excluding carboxylic acids is 2. The van der Waals surface area contributed by atoms with Crippen LogP contribution in [0.4, 0.5) is 55.3 Å². The van der Waals surface area contributed by atoms with Gasteiger partial charge in [0, 0.05) is 29.0 Å². The molecule has 0 radical (unpaired) electrons. The SMILES string of the molecule is O=C(Nc1c(Br)cc(C(F)(C(F)(F)F)C(F)(F)F)cc1OC(F)F)c1cccc(N(CC2CC2)C(=O)c2cccnc2)c1F. The number of rotatable bonds is 9. The van der Waals surface area contributed by atoms with Crippen molar-refractivity contribution in [3.63, 3.8) is 0 Å². The van der Waals surface area contributed by atoms with Crippen LogP contribution in [-0.4, -0.2) is 42.3 Å². The van der Waals surface area contributed by atoms with E-state index in [-0.39, 0.29) is 35.8 Å². The first-order valence-electron chi connectivity index (χ1n) is 12.4. The fourth-order valence-electron chi connectivity index (χ4n) is 4.16. The smallest absolute Gasteiger partial charge is 0.433 e. The molecule has 2 aromatic carbocycles. The normalized spacial score (nSPS) is 14.0. The van der Waals surface area contributed by atoms with Crippen molar-refractivity contribution in [2.75, 3.05) is 16.8 Å². The van der Waals surface area contributed by atoms with Gasteiger partial charge in [-0.25, -0.2) is 8.78 Å². The zero-order valence-corrected chi connectivity index (χ0v) is 23.3. The number of ether oxygens (including phenoxy) is 1. The summed E-state index contributed by atoms with van der Waals surface area (Å²) < 4.78 is 140. The van der Waals surface area contributed by atoms with E-state index in [1.807, 2.05) is 5.32 Å². The second kappa shape index (κ2) is 12.2. The van der Waals surface area contributed by atoms with Gasteiger partial charge in [0.2, 0.25) is 0 Å². The molecule has 17 heteroatoms. The minimum absolute atomic E-state index is 0.0343. The van der Waals surface area contributed by atoms with E-state index in [9.17, 15) is 49.1 Å². The molecular weight excluding hydrogens is 684 g/mol. The van der Waals surface area contributed by atoms with Crippen molar-refractivity contribution < 1.29 is 58.2 Å². The largest absolute Gasteiger partial charge is 0.435 e. The highest BCUT2D eigenvalue weighted by Gasteiger charge is 2.73. The van der Waals surface area contributed by atoms with Crippen LogP contribution in [0, 0.1) is 11.7 Å². The van der Waals surface area contributed by atoms with Gasteiger partial charge in [0.05, 0.1) is 22.5 Å². The summed E-state index contributed by atoms with van der Waals surface area (Å²) in [5.41, 5.74) is -10.2. The summed E-state index contributed by atoms with van der Waals surface area (Å²) in [6.07, 6.45) is -9.02. The Labute approximate surface area is 250 Å². The van der Waals surface area contributed by atoms with Crippen molar-refractivity contribution in [2.24, 2.45) is 5.92 Å². The summed E-state index contributed by atoms with van der Waals surface area (Å²) in [4.78, 5) is 31.3. The standard InChI is InChI=1S/C27H18BrF10N3O3/c28-17-9-15(25(32,26(33,34)35)27(36,37)38)10-19(44-24(30)31)21(17)40-22(42)16-4-1-5-18(20(16)29)41(12-13-6-7-13)23(43)14-3-2-8-39-11-14/h1-5,8-11,13,24H,6-7,12H2,(H,40,42). The van der Waals surface area contributed by atoms with E-state index in [1.54, 1.807) is 0 Å². The van der Waals surface area contributed by atoms with E-state index >= 15 is 4.39 Å². The topological polar surface area (TPSA) is 71.5 Å². The Kier molecular flexibility index (Phi) is 9.19. The number of pyridine rings is 1. The van der Waals surface area contributed by atoms with Gasteiger partial charge < -0.3 is 15.0 Å². The highest BCUT2D eigenvalue weighted by molar-refractivity contribution is 9.10. The molecule has 0 spiro atoms. The second-order valence-electron chi connectivity index (χ2n) is 9.56. The molecule has 0 aliphatic heterocycles. The lowest BCUT2D eigenvalue weighted by Crippen LogP contribution is -2.50. The van der Waals surface area contributed by atoms with Gasteiger partial charge in [-0.15, -0.1) is 0 Å². The number of hydrogen-bond donors (Lipinski definition) is 1. The lowest BCUT2D eigenvalue weighted by Gasteiger charge is -2.31. The molecule has 44 heavy (non-hydrogen) atoms. The fourth-order valence-corrected chi connectivity index (χ4v) is 4.70. The average molecular weight is 702 g/mol. The molecule has 0 unspecified atom stereocenters. The van der Waals surface area contributed by atoms with E-state index in [0.717, 1.165) is 23.8 Å². The summed E-state index contributed by atoms with van der Waals surface area (Å²) in [6.45, 7) is -3.79. The minimum Gasteiger partial charge on any atom is -0.433 e. The van der Waals surface area contributed by atoms with Crippen LogP contribution in [0.2, 0.25) is 0 Å². The molecule has 1 aromatic heterocycles. The maximum Gasteiger partial charge on any atom is 0.435 e. The van der Waals surface area contributed by atoms with Gasteiger partial charge in [0.25, 0.3) is 11.8 Å². The van der Waals surface area contributed by atoms with Crippen LogP contribution in [0.15, 0.2) is 59.3 Å². The summed E-state index contributed by atoms with van der Waals surface area (Å²) in [5.74, 6) is -4.80. The molecule has 1 N–H and O–H groups in total. The number of nitrogens with one attached hydrogen (secondary N) is 1. The Hall–Kier alpha value is -3.89. The average Bonchev–Trinajstić information content (AvgIpc) is 3.76. The van der Waals surface area contributed by atoms with Crippen LogP contribution in [0.3, 0.4) is 0 Å². The lowest BCUT2D eigenvalue weighted by atomic mass is 9.93. The fraction of sp³-hybridized carbons (Fsp3) is 0.296. The molecule has 1 fully saturated rings. The molecule has 1 aliphatic rings. The Bertz CT molecular complexity index is 1530. The first kappa shape index (κ1) is 33.0. The Balaban J connectivity index is 1.74. The monoisotopic (exact) mass is 701 g/mol. The van der Waals surface area contributed by atoms with Crippen LogP contribution >= 0.6 is 15.9 Å². The Morgan fingerprint density at radius 1 is 1.02 bits per heavy atom. The van der Waals surface area contributed by atoms with Crippen LogP contribution in [0.1, 0.15) is 39.1 Å². The second-order valence-corrected chi connectivity index (χ2v) is 10.4. The Morgan fingerprint density at radius 2 is 1.68 bits per heavy atom. The van der Waals surface area contributed by atoms with Crippen LogP contribution in [0.5, 0.6) is 5.75 Å². The number of benzene rings is 2. The zero-order chi connectivity index (χ0) is 32.6. The summed E-state index contributed by atoms with van der Waals surface area (Å²) in [6, 6.07) is 5.86. The van der Waals surface area contributed by atoms with E-state index in [1.165, 1.54) is 36.7 Å². The lowest BCUT2D eigenvalue weighted by molar-refractivity contribution is -0.348. The predicted octanol–water partition coefficient (Wildman–Crippen LogP) is 8.18. The molecule has 0 atom stereocenters. The van der Waals surface area contributed by atoms with Crippen molar-refractivity contribution in [1.82, 2.24) is 4.98 Å². The molecule has 3 aromatic rings. The number of hydrogen-bond acceptors (Lipinski definition) is 4. The van der Waals surface area contributed by atoms with Gasteiger partial charge in [-0.3, -0.25) is 14.6 Å². The van der Waals surface area contributed by atoms with Gasteiger partial charge in [0.15, 0.2) is 11.6 Å². The maximum absolute atomic E-state index is 15.8. The minimum atomic E-state index is -6.58. The molecule has 1 heterocycles. The van der Waals surface area contributed by atoms with Crippen molar-refractivity contribution in [2.45, 2.75) is 37.5 Å².